The van der Waals surface area contributed by atoms with Gasteiger partial charge in [-0.25, -0.2) is 0 Å². The van der Waals surface area contributed by atoms with Gasteiger partial charge in [0.05, 0.1) is 19.3 Å². The Morgan fingerprint density at radius 2 is 1.90 bits per heavy atom. The zero-order chi connectivity index (χ0) is 20.9. The minimum Gasteiger partial charge on any atom is -0.373 e. The van der Waals surface area contributed by atoms with Crippen LogP contribution in [0.2, 0.25) is 0 Å². The summed E-state index contributed by atoms with van der Waals surface area (Å²) in [6, 6.07) is 17.1. The first-order chi connectivity index (χ1) is 14.7. The monoisotopic (exact) mass is 535 g/mol. The van der Waals surface area contributed by atoms with Crippen LogP contribution in [0.25, 0.3) is 0 Å². The van der Waals surface area contributed by atoms with Crippen molar-refractivity contribution < 1.29 is 9.47 Å². The molecule has 0 bridgehead atoms. The molecular weight excluding hydrogens is 501 g/mol. The molecule has 2 aromatic carbocycles. The topological polar surface area (TPSA) is 46.1 Å². The minimum absolute atomic E-state index is 0. The second-order valence-electron chi connectivity index (χ2n) is 8.34. The van der Waals surface area contributed by atoms with E-state index in [-0.39, 0.29) is 36.2 Å². The zero-order valence-corrected chi connectivity index (χ0v) is 21.0. The molecule has 31 heavy (non-hydrogen) atoms. The highest BCUT2D eigenvalue weighted by atomic mass is 127. The van der Waals surface area contributed by atoms with Gasteiger partial charge in [-0.3, -0.25) is 4.99 Å². The van der Waals surface area contributed by atoms with Gasteiger partial charge in [0.2, 0.25) is 0 Å². The van der Waals surface area contributed by atoms with E-state index in [0.717, 1.165) is 38.6 Å². The van der Waals surface area contributed by atoms with Crippen LogP contribution in [0.3, 0.4) is 0 Å². The van der Waals surface area contributed by atoms with Gasteiger partial charge in [-0.15, -0.1) is 24.0 Å². The number of morpholine rings is 1. The van der Waals surface area contributed by atoms with E-state index in [4.69, 9.17) is 9.47 Å². The summed E-state index contributed by atoms with van der Waals surface area (Å²) in [6.45, 7) is 8.34. The molecule has 0 radical (unpaired) electrons. The Balaban J connectivity index is 0.00000272. The van der Waals surface area contributed by atoms with E-state index in [1.54, 1.807) is 0 Å². The summed E-state index contributed by atoms with van der Waals surface area (Å²) in [5, 5.41) is 3.62. The number of aryl methyl sites for hydroxylation is 2. The lowest BCUT2D eigenvalue weighted by atomic mass is 9.95. The van der Waals surface area contributed by atoms with Gasteiger partial charge in [-0.1, -0.05) is 54.1 Å². The van der Waals surface area contributed by atoms with Crippen LogP contribution in [0.5, 0.6) is 0 Å². The van der Waals surface area contributed by atoms with Crippen molar-refractivity contribution in [3.8, 4) is 0 Å². The highest BCUT2D eigenvalue weighted by Gasteiger charge is 2.31. The number of aliphatic imine (C=N–C) groups is 1. The predicted octanol–water partition coefficient (Wildman–Crippen LogP) is 4.65. The average molecular weight is 535 g/mol. The lowest BCUT2D eigenvalue weighted by molar-refractivity contribution is -0.00845. The van der Waals surface area contributed by atoms with Gasteiger partial charge in [0.25, 0.3) is 0 Å². The molecule has 4 rings (SSSR count). The van der Waals surface area contributed by atoms with Crippen molar-refractivity contribution in [1.82, 2.24) is 10.2 Å². The molecule has 0 aliphatic carbocycles. The molecule has 0 aromatic heterocycles. The molecule has 2 saturated heterocycles. The molecule has 5 nitrogen and oxygen atoms in total. The SMILES string of the molecule is CN=C(NCC1CCOC1c1ccccc1)N1CCOC(c2ccc(C)cc2C)C1.I. The summed E-state index contributed by atoms with van der Waals surface area (Å²) < 4.78 is 12.2. The van der Waals surface area contributed by atoms with Crippen molar-refractivity contribution in [2.24, 2.45) is 10.9 Å². The summed E-state index contributed by atoms with van der Waals surface area (Å²) in [6.07, 6.45) is 1.30. The minimum atomic E-state index is 0. The second-order valence-corrected chi connectivity index (χ2v) is 8.34. The van der Waals surface area contributed by atoms with Crippen LogP contribution in [0.15, 0.2) is 53.5 Å². The standard InChI is InChI=1S/C25H33N3O2.HI/c1-18-9-10-22(19(2)15-18)23-17-28(12-14-29-23)25(26-3)27-16-21-11-13-30-24(21)20-7-5-4-6-8-20;/h4-10,15,21,23-24H,11-14,16-17H2,1-3H3,(H,26,27);1H. The fourth-order valence-corrected chi connectivity index (χ4v) is 4.63. The van der Waals surface area contributed by atoms with Gasteiger partial charge in [0, 0.05) is 32.7 Å². The number of ether oxygens (including phenoxy) is 2. The van der Waals surface area contributed by atoms with E-state index < -0.39 is 0 Å². The van der Waals surface area contributed by atoms with Gasteiger partial charge < -0.3 is 19.7 Å². The highest BCUT2D eigenvalue weighted by Crippen LogP contribution is 2.34. The number of halogens is 1. The van der Waals surface area contributed by atoms with Crippen molar-refractivity contribution >= 4 is 29.9 Å². The first-order valence-electron chi connectivity index (χ1n) is 11.0. The smallest absolute Gasteiger partial charge is 0.193 e. The van der Waals surface area contributed by atoms with Gasteiger partial charge in [-0.05, 0) is 37.0 Å². The van der Waals surface area contributed by atoms with E-state index in [1.807, 2.05) is 7.05 Å². The Bertz CT molecular complexity index is 874. The van der Waals surface area contributed by atoms with Gasteiger partial charge >= 0.3 is 0 Å². The molecule has 6 heteroatoms. The predicted molar refractivity (Wildman–Crippen MR) is 136 cm³/mol. The lowest BCUT2D eigenvalue weighted by Gasteiger charge is -2.36. The summed E-state index contributed by atoms with van der Waals surface area (Å²) in [4.78, 5) is 6.89. The molecule has 168 valence electrons. The molecule has 0 amide bonds. The van der Waals surface area contributed by atoms with E-state index in [9.17, 15) is 0 Å². The summed E-state index contributed by atoms with van der Waals surface area (Å²) >= 11 is 0. The molecule has 0 spiro atoms. The van der Waals surface area contributed by atoms with Crippen LogP contribution < -0.4 is 5.32 Å². The van der Waals surface area contributed by atoms with E-state index in [0.29, 0.717) is 12.5 Å². The molecule has 2 aliphatic rings. The molecule has 0 saturated carbocycles. The normalized spacial score (nSPS) is 24.0. The van der Waals surface area contributed by atoms with Crippen molar-refractivity contribution in [1.29, 1.82) is 0 Å². The number of guanidine groups is 1. The molecule has 2 heterocycles. The van der Waals surface area contributed by atoms with Crippen molar-refractivity contribution in [2.75, 3.05) is 39.9 Å². The zero-order valence-electron chi connectivity index (χ0n) is 18.7. The summed E-state index contributed by atoms with van der Waals surface area (Å²) in [7, 11) is 1.86. The molecular formula is C25H34IN3O2. The van der Waals surface area contributed by atoms with Crippen LogP contribution in [0.4, 0.5) is 0 Å². The van der Waals surface area contributed by atoms with Crippen LogP contribution in [0.1, 0.15) is 40.9 Å². The maximum Gasteiger partial charge on any atom is 0.193 e. The quantitative estimate of drug-likeness (QED) is 0.352. The second kappa shape index (κ2) is 11.3. The fourth-order valence-electron chi connectivity index (χ4n) is 4.63. The Morgan fingerprint density at radius 1 is 1.10 bits per heavy atom. The molecule has 3 atom stereocenters. The lowest BCUT2D eigenvalue weighted by Crippen LogP contribution is -2.49. The Labute approximate surface area is 203 Å². The Kier molecular flexibility index (Phi) is 8.75. The highest BCUT2D eigenvalue weighted by molar-refractivity contribution is 14.0. The largest absolute Gasteiger partial charge is 0.373 e. The van der Waals surface area contributed by atoms with E-state index in [2.05, 4.69) is 77.6 Å². The number of hydrogen-bond acceptors (Lipinski definition) is 3. The van der Waals surface area contributed by atoms with Crippen LogP contribution in [0, 0.1) is 19.8 Å². The maximum absolute atomic E-state index is 6.12. The molecule has 3 unspecified atom stereocenters. The Morgan fingerprint density at radius 3 is 2.65 bits per heavy atom. The van der Waals surface area contributed by atoms with Gasteiger partial charge in [0.15, 0.2) is 5.96 Å². The maximum atomic E-state index is 6.12. The van der Waals surface area contributed by atoms with Crippen molar-refractivity contribution in [2.45, 2.75) is 32.5 Å². The number of nitrogens with zero attached hydrogens (tertiary/aromatic N) is 2. The van der Waals surface area contributed by atoms with Gasteiger partial charge in [-0.2, -0.15) is 0 Å². The third kappa shape index (κ3) is 5.79. The summed E-state index contributed by atoms with van der Waals surface area (Å²) in [5.41, 5.74) is 5.11. The van der Waals surface area contributed by atoms with E-state index >= 15 is 0 Å². The third-order valence-electron chi connectivity index (χ3n) is 6.21. The first-order valence-corrected chi connectivity index (χ1v) is 11.0. The number of nitrogens with one attached hydrogen (secondary N) is 1. The number of rotatable bonds is 4. The average Bonchev–Trinajstić information content (AvgIpc) is 3.24. The number of hydrogen-bond donors (Lipinski definition) is 1. The van der Waals surface area contributed by atoms with Gasteiger partial charge in [0.1, 0.15) is 6.10 Å². The fraction of sp³-hybridized carbons (Fsp3) is 0.480. The van der Waals surface area contributed by atoms with Crippen LogP contribution >= 0.6 is 24.0 Å². The van der Waals surface area contributed by atoms with Crippen molar-refractivity contribution in [3.05, 3.63) is 70.8 Å². The van der Waals surface area contributed by atoms with Crippen molar-refractivity contribution in [3.63, 3.8) is 0 Å². The molecule has 2 aromatic rings. The Hall–Kier alpha value is -1.64. The first kappa shape index (κ1) is 24.0. The van der Waals surface area contributed by atoms with E-state index in [1.165, 1.54) is 22.3 Å². The summed E-state index contributed by atoms with van der Waals surface area (Å²) in [5.74, 6) is 1.40. The molecule has 2 fully saturated rings. The number of benzene rings is 2. The van der Waals surface area contributed by atoms with Crippen LogP contribution in [-0.4, -0.2) is 50.8 Å². The molecule has 2 aliphatic heterocycles. The third-order valence-corrected chi connectivity index (χ3v) is 6.21. The van der Waals surface area contributed by atoms with Crippen LogP contribution in [-0.2, 0) is 9.47 Å². The molecule has 1 N–H and O–H groups in total.